The summed E-state index contributed by atoms with van der Waals surface area (Å²) in [7, 11) is 0. The summed E-state index contributed by atoms with van der Waals surface area (Å²) >= 11 is 6.12. The van der Waals surface area contributed by atoms with E-state index in [9.17, 15) is 4.79 Å². The standard InChI is InChI=1S/C14H15ClN2O2/c1-9-12(7-14(18)19)10(2)17(16-9)8-11-5-3-4-6-13(11)15/h3-6H,7-8H2,1-2H3,(H,18,19). The average molecular weight is 279 g/mol. The van der Waals surface area contributed by atoms with E-state index < -0.39 is 5.97 Å². The third-order valence-corrected chi connectivity index (χ3v) is 3.51. The van der Waals surface area contributed by atoms with E-state index in [1.807, 2.05) is 38.1 Å². The number of hydrogen-bond acceptors (Lipinski definition) is 2. The van der Waals surface area contributed by atoms with Crippen LogP contribution < -0.4 is 0 Å². The molecule has 0 saturated carbocycles. The first-order chi connectivity index (χ1) is 8.99. The van der Waals surface area contributed by atoms with Gasteiger partial charge in [-0.3, -0.25) is 9.48 Å². The Bertz CT molecular complexity index is 620. The molecular weight excluding hydrogens is 264 g/mol. The van der Waals surface area contributed by atoms with Gasteiger partial charge in [-0.2, -0.15) is 5.10 Å². The van der Waals surface area contributed by atoms with Crippen LogP contribution in [0.25, 0.3) is 0 Å². The molecule has 0 fully saturated rings. The third-order valence-electron chi connectivity index (χ3n) is 3.14. The van der Waals surface area contributed by atoms with E-state index in [0.29, 0.717) is 11.6 Å². The largest absolute Gasteiger partial charge is 0.481 e. The van der Waals surface area contributed by atoms with E-state index >= 15 is 0 Å². The van der Waals surface area contributed by atoms with Gasteiger partial charge >= 0.3 is 5.97 Å². The Morgan fingerprint density at radius 1 is 1.37 bits per heavy atom. The molecule has 2 aromatic rings. The summed E-state index contributed by atoms with van der Waals surface area (Å²) in [6.07, 6.45) is 0.000187. The molecule has 4 nitrogen and oxygen atoms in total. The van der Waals surface area contributed by atoms with E-state index in [4.69, 9.17) is 16.7 Å². The fourth-order valence-electron chi connectivity index (χ4n) is 2.08. The molecule has 0 aliphatic carbocycles. The first kappa shape index (κ1) is 13.6. The summed E-state index contributed by atoms with van der Waals surface area (Å²) in [5.74, 6) is -0.844. The number of aliphatic carboxylic acids is 1. The van der Waals surface area contributed by atoms with Gasteiger partial charge in [0.25, 0.3) is 0 Å². The Labute approximate surface area is 116 Å². The zero-order chi connectivity index (χ0) is 14.0. The highest BCUT2D eigenvalue weighted by atomic mass is 35.5. The van der Waals surface area contributed by atoms with Crippen molar-refractivity contribution < 1.29 is 9.90 Å². The number of hydrogen-bond donors (Lipinski definition) is 1. The Hall–Kier alpha value is -1.81. The molecule has 0 atom stereocenters. The van der Waals surface area contributed by atoms with Gasteiger partial charge in [-0.25, -0.2) is 0 Å². The van der Waals surface area contributed by atoms with Crippen molar-refractivity contribution in [1.82, 2.24) is 9.78 Å². The second kappa shape index (κ2) is 5.45. The lowest BCUT2D eigenvalue weighted by Gasteiger charge is -2.07. The minimum atomic E-state index is -0.844. The van der Waals surface area contributed by atoms with E-state index in [-0.39, 0.29) is 6.42 Å². The highest BCUT2D eigenvalue weighted by molar-refractivity contribution is 6.31. The number of benzene rings is 1. The van der Waals surface area contributed by atoms with E-state index in [0.717, 1.165) is 22.5 Å². The lowest BCUT2D eigenvalue weighted by Crippen LogP contribution is -2.06. The molecule has 2 rings (SSSR count). The predicted molar refractivity (Wildman–Crippen MR) is 73.6 cm³/mol. The van der Waals surface area contributed by atoms with Crippen molar-refractivity contribution in [3.63, 3.8) is 0 Å². The molecule has 0 bridgehead atoms. The molecule has 5 heteroatoms. The second-order valence-corrected chi connectivity index (χ2v) is 4.88. The topological polar surface area (TPSA) is 55.1 Å². The van der Waals surface area contributed by atoms with Gasteiger partial charge in [0, 0.05) is 16.3 Å². The Morgan fingerprint density at radius 2 is 2.05 bits per heavy atom. The van der Waals surface area contributed by atoms with Crippen molar-refractivity contribution in [3.8, 4) is 0 Å². The van der Waals surface area contributed by atoms with E-state index in [2.05, 4.69) is 5.10 Å². The van der Waals surface area contributed by atoms with Crippen LogP contribution in [0.1, 0.15) is 22.5 Å². The maximum absolute atomic E-state index is 10.8. The van der Waals surface area contributed by atoms with Crippen molar-refractivity contribution in [1.29, 1.82) is 0 Å². The first-order valence-electron chi connectivity index (χ1n) is 5.97. The van der Waals surface area contributed by atoms with Gasteiger partial charge in [0.1, 0.15) is 0 Å². The van der Waals surface area contributed by atoms with E-state index in [1.54, 1.807) is 4.68 Å². The molecule has 100 valence electrons. The van der Waals surface area contributed by atoms with Gasteiger partial charge in [-0.05, 0) is 25.5 Å². The molecule has 0 saturated heterocycles. The number of carboxylic acid groups (broad SMARTS) is 1. The van der Waals surface area contributed by atoms with Crippen LogP contribution in [0.3, 0.4) is 0 Å². The van der Waals surface area contributed by atoms with Crippen LogP contribution in [-0.2, 0) is 17.8 Å². The highest BCUT2D eigenvalue weighted by Crippen LogP contribution is 2.19. The fourth-order valence-corrected chi connectivity index (χ4v) is 2.28. The number of carboxylic acids is 1. The average Bonchev–Trinajstić information content (AvgIpc) is 2.60. The molecule has 0 aliphatic heterocycles. The SMILES string of the molecule is Cc1nn(Cc2ccccc2Cl)c(C)c1CC(=O)O. The molecule has 0 amide bonds. The van der Waals surface area contributed by atoms with Crippen molar-refractivity contribution in [2.75, 3.05) is 0 Å². The van der Waals surface area contributed by atoms with Gasteiger partial charge in [0.05, 0.1) is 18.7 Å². The second-order valence-electron chi connectivity index (χ2n) is 4.47. The summed E-state index contributed by atoms with van der Waals surface area (Å²) < 4.78 is 1.80. The van der Waals surface area contributed by atoms with Crippen LogP contribution in [0, 0.1) is 13.8 Å². The molecule has 1 N–H and O–H groups in total. The number of nitrogens with zero attached hydrogens (tertiary/aromatic N) is 2. The zero-order valence-corrected chi connectivity index (χ0v) is 11.6. The van der Waals surface area contributed by atoms with E-state index in [1.165, 1.54) is 0 Å². The van der Waals surface area contributed by atoms with Crippen LogP contribution >= 0.6 is 11.6 Å². The smallest absolute Gasteiger partial charge is 0.307 e. The first-order valence-corrected chi connectivity index (χ1v) is 6.35. The number of aromatic nitrogens is 2. The van der Waals surface area contributed by atoms with Crippen LogP contribution in [0.2, 0.25) is 5.02 Å². The van der Waals surface area contributed by atoms with Crippen molar-refractivity contribution in [2.24, 2.45) is 0 Å². The Morgan fingerprint density at radius 3 is 2.68 bits per heavy atom. The molecule has 19 heavy (non-hydrogen) atoms. The molecule has 0 aliphatic rings. The number of rotatable bonds is 4. The molecule has 0 radical (unpaired) electrons. The van der Waals surface area contributed by atoms with Gasteiger partial charge in [-0.15, -0.1) is 0 Å². The molecular formula is C14H15ClN2O2. The summed E-state index contributed by atoms with van der Waals surface area (Å²) in [5, 5.41) is 14.0. The van der Waals surface area contributed by atoms with Crippen LogP contribution in [0.15, 0.2) is 24.3 Å². The van der Waals surface area contributed by atoms with Crippen LogP contribution in [0.4, 0.5) is 0 Å². The molecule has 0 unspecified atom stereocenters. The lowest BCUT2D eigenvalue weighted by molar-refractivity contribution is -0.136. The highest BCUT2D eigenvalue weighted by Gasteiger charge is 2.14. The summed E-state index contributed by atoms with van der Waals surface area (Å²) in [6.45, 7) is 4.26. The van der Waals surface area contributed by atoms with Crippen LogP contribution in [-0.4, -0.2) is 20.9 Å². The van der Waals surface area contributed by atoms with Crippen molar-refractivity contribution in [2.45, 2.75) is 26.8 Å². The summed E-state index contributed by atoms with van der Waals surface area (Å²) in [4.78, 5) is 10.8. The summed E-state index contributed by atoms with van der Waals surface area (Å²) in [6, 6.07) is 7.57. The molecule has 1 aromatic carbocycles. The summed E-state index contributed by atoms with van der Waals surface area (Å²) in [5.41, 5.74) is 3.38. The molecule has 1 heterocycles. The number of aryl methyl sites for hydroxylation is 1. The number of halogens is 1. The third kappa shape index (κ3) is 2.96. The van der Waals surface area contributed by atoms with Gasteiger partial charge in [0.2, 0.25) is 0 Å². The van der Waals surface area contributed by atoms with Gasteiger partial charge in [-0.1, -0.05) is 29.8 Å². The number of carbonyl (C=O) groups is 1. The van der Waals surface area contributed by atoms with Gasteiger partial charge < -0.3 is 5.11 Å². The fraction of sp³-hybridized carbons (Fsp3) is 0.286. The zero-order valence-electron chi connectivity index (χ0n) is 10.9. The minimum Gasteiger partial charge on any atom is -0.481 e. The van der Waals surface area contributed by atoms with Crippen LogP contribution in [0.5, 0.6) is 0 Å². The minimum absolute atomic E-state index is 0.000187. The van der Waals surface area contributed by atoms with Crippen molar-refractivity contribution >= 4 is 17.6 Å². The van der Waals surface area contributed by atoms with Crippen molar-refractivity contribution in [3.05, 3.63) is 51.8 Å². The maximum Gasteiger partial charge on any atom is 0.307 e. The predicted octanol–water partition coefficient (Wildman–Crippen LogP) is 2.83. The lowest BCUT2D eigenvalue weighted by atomic mass is 10.1. The Balaban J connectivity index is 2.32. The monoisotopic (exact) mass is 278 g/mol. The maximum atomic E-state index is 10.8. The molecule has 1 aromatic heterocycles. The van der Waals surface area contributed by atoms with Gasteiger partial charge in [0.15, 0.2) is 0 Å². The molecule has 0 spiro atoms. The Kier molecular flexibility index (Phi) is 3.90. The normalized spacial score (nSPS) is 10.7. The quantitative estimate of drug-likeness (QED) is 0.936.